The second-order valence-corrected chi connectivity index (χ2v) is 5.23. The van der Waals surface area contributed by atoms with Crippen LogP contribution in [0.3, 0.4) is 0 Å². The van der Waals surface area contributed by atoms with Crippen molar-refractivity contribution in [2.24, 2.45) is 0 Å². The second kappa shape index (κ2) is 6.22. The Balaban J connectivity index is 2.47. The number of aromatic hydroxyl groups is 1. The van der Waals surface area contributed by atoms with E-state index >= 15 is 0 Å². The normalized spacial score (nSPS) is 10.5. The van der Waals surface area contributed by atoms with E-state index in [0.717, 1.165) is 12.1 Å². The lowest BCUT2D eigenvalue weighted by atomic mass is 10.1. The zero-order valence-electron chi connectivity index (χ0n) is 11.1. The van der Waals surface area contributed by atoms with E-state index in [2.05, 4.69) is 15.9 Å². The molecule has 0 saturated carbocycles. The molecule has 1 N–H and O–H groups in total. The van der Waals surface area contributed by atoms with Gasteiger partial charge in [0.25, 0.3) is 5.91 Å². The van der Waals surface area contributed by atoms with Gasteiger partial charge >= 0.3 is 0 Å². The molecule has 1 amide bonds. The number of anilines is 1. The summed E-state index contributed by atoms with van der Waals surface area (Å²) in [5.41, 5.74) is -0.257. The third kappa shape index (κ3) is 3.21. The summed E-state index contributed by atoms with van der Waals surface area (Å²) in [4.78, 5) is 13.6. The molecule has 0 spiro atoms. The van der Waals surface area contributed by atoms with Crippen LogP contribution in [0.5, 0.6) is 5.75 Å². The van der Waals surface area contributed by atoms with Crippen LogP contribution in [-0.4, -0.2) is 17.6 Å². The Morgan fingerprint density at radius 2 is 1.86 bits per heavy atom. The minimum absolute atomic E-state index is 0.0319. The first-order valence-electron chi connectivity index (χ1n) is 6.19. The van der Waals surface area contributed by atoms with Crippen molar-refractivity contribution in [2.45, 2.75) is 6.92 Å². The molecule has 6 heteroatoms. The van der Waals surface area contributed by atoms with E-state index in [1.54, 1.807) is 19.1 Å². The van der Waals surface area contributed by atoms with Gasteiger partial charge in [0.2, 0.25) is 0 Å². The van der Waals surface area contributed by atoms with Gasteiger partial charge in [-0.3, -0.25) is 4.79 Å². The van der Waals surface area contributed by atoms with Gasteiger partial charge < -0.3 is 10.0 Å². The number of carbonyl (C=O) groups is 1. The van der Waals surface area contributed by atoms with Crippen LogP contribution >= 0.6 is 15.9 Å². The quantitative estimate of drug-likeness (QED) is 0.900. The molecule has 21 heavy (non-hydrogen) atoms. The van der Waals surface area contributed by atoms with E-state index in [1.807, 2.05) is 0 Å². The fraction of sp³-hybridized carbons (Fsp3) is 0.133. The minimum Gasteiger partial charge on any atom is -0.508 e. The van der Waals surface area contributed by atoms with Gasteiger partial charge in [0.1, 0.15) is 22.9 Å². The Bertz CT molecular complexity index is 668. The van der Waals surface area contributed by atoms with Crippen LogP contribution in [0.1, 0.15) is 17.3 Å². The summed E-state index contributed by atoms with van der Waals surface area (Å²) >= 11 is 2.97. The Kier molecular flexibility index (Phi) is 4.57. The Hall–Kier alpha value is -1.95. The number of nitrogens with zero attached hydrogens (tertiary/aromatic N) is 1. The van der Waals surface area contributed by atoms with Crippen LogP contribution in [0.25, 0.3) is 0 Å². The molecule has 2 aromatic rings. The van der Waals surface area contributed by atoms with Gasteiger partial charge in [0.15, 0.2) is 0 Å². The molecule has 0 atom stereocenters. The molecule has 110 valence electrons. The monoisotopic (exact) mass is 355 g/mol. The molecule has 0 aliphatic rings. The maximum absolute atomic E-state index is 13.9. The molecule has 0 saturated heterocycles. The molecule has 0 unspecified atom stereocenters. The van der Waals surface area contributed by atoms with Crippen molar-refractivity contribution >= 4 is 27.5 Å². The summed E-state index contributed by atoms with van der Waals surface area (Å²) in [5.74, 6) is -2.71. The lowest BCUT2D eigenvalue weighted by Crippen LogP contribution is -2.32. The summed E-state index contributed by atoms with van der Waals surface area (Å²) in [7, 11) is 0. The van der Waals surface area contributed by atoms with Gasteiger partial charge in [-0.05, 0) is 31.2 Å². The first-order chi connectivity index (χ1) is 9.93. The first kappa shape index (κ1) is 15.4. The van der Waals surface area contributed by atoms with E-state index in [0.29, 0.717) is 5.69 Å². The van der Waals surface area contributed by atoms with Gasteiger partial charge in [0.05, 0.1) is 0 Å². The topological polar surface area (TPSA) is 40.5 Å². The highest BCUT2D eigenvalue weighted by atomic mass is 79.9. The fourth-order valence-electron chi connectivity index (χ4n) is 1.99. The van der Waals surface area contributed by atoms with Crippen LogP contribution < -0.4 is 4.90 Å². The largest absolute Gasteiger partial charge is 0.508 e. The molecule has 2 aromatic carbocycles. The molecule has 3 nitrogen and oxygen atoms in total. The van der Waals surface area contributed by atoms with E-state index in [-0.39, 0.29) is 16.8 Å². The number of hydrogen-bond acceptors (Lipinski definition) is 2. The highest BCUT2D eigenvalue weighted by Crippen LogP contribution is 2.25. The zero-order valence-corrected chi connectivity index (χ0v) is 12.7. The van der Waals surface area contributed by atoms with Gasteiger partial charge in [-0.2, -0.15) is 0 Å². The zero-order chi connectivity index (χ0) is 15.6. The first-order valence-corrected chi connectivity index (χ1v) is 6.98. The number of rotatable bonds is 3. The van der Waals surface area contributed by atoms with E-state index in [9.17, 15) is 18.7 Å². The highest BCUT2D eigenvalue weighted by molar-refractivity contribution is 9.10. The second-order valence-electron chi connectivity index (χ2n) is 4.31. The highest BCUT2D eigenvalue weighted by Gasteiger charge is 2.24. The van der Waals surface area contributed by atoms with Crippen molar-refractivity contribution in [3.05, 3.63) is 58.1 Å². The average molecular weight is 356 g/mol. The maximum Gasteiger partial charge on any atom is 0.264 e. The predicted octanol–water partition coefficient (Wildman–Crippen LogP) is 4.10. The molecular weight excluding hydrogens is 344 g/mol. The maximum atomic E-state index is 13.9. The summed E-state index contributed by atoms with van der Waals surface area (Å²) in [6.07, 6.45) is 0. The number of phenols is 1. The molecule has 2 rings (SSSR count). The lowest BCUT2D eigenvalue weighted by Gasteiger charge is -2.21. The van der Waals surface area contributed by atoms with Crippen molar-refractivity contribution in [1.29, 1.82) is 0 Å². The number of benzene rings is 2. The Morgan fingerprint density at radius 1 is 1.24 bits per heavy atom. The van der Waals surface area contributed by atoms with Crippen molar-refractivity contribution in [3.63, 3.8) is 0 Å². The smallest absolute Gasteiger partial charge is 0.264 e. The lowest BCUT2D eigenvalue weighted by molar-refractivity contribution is 0.0980. The van der Waals surface area contributed by atoms with Crippen LogP contribution in [0, 0.1) is 11.6 Å². The van der Waals surface area contributed by atoms with Crippen molar-refractivity contribution in [3.8, 4) is 5.75 Å². The number of halogens is 3. The number of amides is 1. The van der Waals surface area contributed by atoms with Gasteiger partial charge in [-0.25, -0.2) is 8.78 Å². The molecule has 0 aliphatic heterocycles. The average Bonchev–Trinajstić information content (AvgIpc) is 2.38. The molecule has 0 bridgehead atoms. The number of hydrogen-bond donors (Lipinski definition) is 1. The number of carbonyl (C=O) groups excluding carboxylic acids is 1. The van der Waals surface area contributed by atoms with Crippen LogP contribution in [-0.2, 0) is 0 Å². The molecule has 0 radical (unpaired) electrons. The standard InChI is InChI=1S/C15H12BrF2NO2/c1-2-19(10-4-3-5-11(20)8-10)15(21)14-12(17)6-9(16)7-13(14)18/h3-8,20H,2H2,1H3. The summed E-state index contributed by atoms with van der Waals surface area (Å²) in [6.45, 7) is 1.88. The van der Waals surface area contributed by atoms with E-state index in [1.165, 1.54) is 17.0 Å². The third-order valence-electron chi connectivity index (χ3n) is 2.92. The SMILES string of the molecule is CCN(C(=O)c1c(F)cc(Br)cc1F)c1cccc(O)c1. The summed E-state index contributed by atoms with van der Waals surface area (Å²) in [6, 6.07) is 8.00. The molecular formula is C15H12BrF2NO2. The van der Waals surface area contributed by atoms with Gasteiger partial charge in [-0.1, -0.05) is 22.0 Å². The third-order valence-corrected chi connectivity index (χ3v) is 3.38. The van der Waals surface area contributed by atoms with Crippen molar-refractivity contribution < 1.29 is 18.7 Å². The van der Waals surface area contributed by atoms with Crippen LogP contribution in [0.2, 0.25) is 0 Å². The van der Waals surface area contributed by atoms with Crippen molar-refractivity contribution in [1.82, 2.24) is 0 Å². The summed E-state index contributed by atoms with van der Waals surface area (Å²) in [5, 5.41) is 9.46. The van der Waals surface area contributed by atoms with Crippen LogP contribution in [0.15, 0.2) is 40.9 Å². The molecule has 0 heterocycles. The summed E-state index contributed by atoms with van der Waals surface area (Å²) < 4.78 is 28.0. The van der Waals surface area contributed by atoms with Gasteiger partial charge in [-0.15, -0.1) is 0 Å². The molecule has 0 aliphatic carbocycles. The van der Waals surface area contributed by atoms with E-state index in [4.69, 9.17) is 0 Å². The molecule has 0 fully saturated rings. The number of phenolic OH excluding ortho intramolecular Hbond substituents is 1. The molecule has 0 aromatic heterocycles. The Morgan fingerprint density at radius 3 is 2.38 bits per heavy atom. The Labute approximate surface area is 128 Å². The predicted molar refractivity (Wildman–Crippen MR) is 79.5 cm³/mol. The minimum atomic E-state index is -0.939. The van der Waals surface area contributed by atoms with E-state index < -0.39 is 23.1 Å². The van der Waals surface area contributed by atoms with Crippen molar-refractivity contribution in [2.75, 3.05) is 11.4 Å². The van der Waals surface area contributed by atoms with Crippen LogP contribution in [0.4, 0.5) is 14.5 Å². The fourth-order valence-corrected chi connectivity index (χ4v) is 2.39. The van der Waals surface area contributed by atoms with Gasteiger partial charge in [0, 0.05) is 22.8 Å².